The second-order valence-corrected chi connectivity index (χ2v) is 6.49. The van der Waals surface area contributed by atoms with Gasteiger partial charge in [-0.2, -0.15) is 0 Å². The topological polar surface area (TPSA) is 29.5 Å². The van der Waals surface area contributed by atoms with Gasteiger partial charge < -0.3 is 4.74 Å². The quantitative estimate of drug-likeness (QED) is 0.443. The van der Waals surface area contributed by atoms with Crippen molar-refractivity contribution in [3.63, 3.8) is 0 Å². The number of hydrogen-bond acceptors (Lipinski definition) is 3. The third-order valence-electron chi connectivity index (χ3n) is 3.18. The van der Waals surface area contributed by atoms with E-state index in [-0.39, 0.29) is 5.97 Å². The molecule has 2 atom stereocenters. The van der Waals surface area contributed by atoms with Gasteiger partial charge in [0.25, 0.3) is 0 Å². The van der Waals surface area contributed by atoms with Crippen molar-refractivity contribution in [2.45, 2.75) is 34.8 Å². The van der Waals surface area contributed by atoms with E-state index in [1.165, 1.54) is 0 Å². The summed E-state index contributed by atoms with van der Waals surface area (Å²) >= 11 is 17.5. The van der Waals surface area contributed by atoms with Crippen LogP contribution in [0.25, 0.3) is 0 Å². The Kier molecular flexibility index (Phi) is 3.17. The molecule has 0 saturated carbocycles. The van der Waals surface area contributed by atoms with Gasteiger partial charge in [0.05, 0.1) is 0 Å². The fraction of sp³-hybridized carbons (Fsp3) is 0.700. The molecule has 2 rings (SSSR count). The Morgan fingerprint density at radius 1 is 1.62 bits per heavy atom. The molecule has 6 heteroatoms. The zero-order chi connectivity index (χ0) is 12.0. The van der Waals surface area contributed by atoms with Crippen molar-refractivity contribution in [2.24, 2.45) is 0 Å². The number of cyclic esters (lactones) is 1. The lowest BCUT2D eigenvalue weighted by Crippen LogP contribution is -2.48. The molecule has 0 amide bonds. The largest absolute Gasteiger partial charge is 0.440 e. The average Bonchev–Trinajstić information content (AvgIpc) is 2.66. The summed E-state index contributed by atoms with van der Waals surface area (Å²) in [4.78, 5) is 13.8. The highest BCUT2D eigenvalue weighted by molar-refractivity contribution is 6.68. The summed E-state index contributed by atoms with van der Waals surface area (Å²) in [5.41, 5.74) is -0.656. The van der Waals surface area contributed by atoms with Gasteiger partial charge in [-0.15, -0.1) is 6.58 Å². The van der Waals surface area contributed by atoms with Crippen LogP contribution in [0, 0.1) is 0 Å². The van der Waals surface area contributed by atoms with Gasteiger partial charge in [0, 0.05) is 6.54 Å². The molecule has 0 N–H and O–H groups in total. The molecule has 1 unspecified atom stereocenters. The van der Waals surface area contributed by atoms with Crippen LogP contribution in [-0.4, -0.2) is 33.0 Å². The van der Waals surface area contributed by atoms with E-state index in [0.29, 0.717) is 13.0 Å². The van der Waals surface area contributed by atoms with Crippen molar-refractivity contribution >= 4 is 40.8 Å². The molecule has 2 aliphatic heterocycles. The molecular formula is C10H12Cl3NO2. The molecule has 0 bridgehead atoms. The number of carbonyl (C=O) groups excluding carboxylic acids is 1. The number of ether oxygens (including phenoxy) is 1. The van der Waals surface area contributed by atoms with E-state index < -0.39 is 15.6 Å². The van der Waals surface area contributed by atoms with Crippen molar-refractivity contribution in [1.82, 2.24) is 4.90 Å². The summed E-state index contributed by atoms with van der Waals surface area (Å²) in [7, 11) is 0. The number of halogens is 3. The molecule has 2 aliphatic rings. The van der Waals surface area contributed by atoms with Crippen molar-refractivity contribution in [2.75, 3.05) is 6.54 Å². The van der Waals surface area contributed by atoms with Gasteiger partial charge in [0.1, 0.15) is 5.54 Å². The number of fused-ring (bicyclic) bond motifs is 1. The fourth-order valence-corrected chi connectivity index (χ4v) is 3.01. The highest BCUT2D eigenvalue weighted by Crippen LogP contribution is 2.47. The fourth-order valence-electron chi connectivity index (χ4n) is 2.52. The molecule has 2 heterocycles. The summed E-state index contributed by atoms with van der Waals surface area (Å²) in [5.74, 6) is -0.304. The summed E-state index contributed by atoms with van der Waals surface area (Å²) in [5, 5.41) is 0. The highest BCUT2D eigenvalue weighted by atomic mass is 35.6. The van der Waals surface area contributed by atoms with Crippen LogP contribution in [0.3, 0.4) is 0 Å². The third-order valence-corrected chi connectivity index (χ3v) is 3.74. The first kappa shape index (κ1) is 12.5. The molecule has 90 valence electrons. The summed E-state index contributed by atoms with van der Waals surface area (Å²) in [6.07, 6.45) is 3.09. The Labute approximate surface area is 109 Å². The van der Waals surface area contributed by atoms with Gasteiger partial charge in [-0.3, -0.25) is 0 Å². The first-order chi connectivity index (χ1) is 7.42. The Morgan fingerprint density at radius 2 is 2.31 bits per heavy atom. The van der Waals surface area contributed by atoms with Crippen molar-refractivity contribution in [3.05, 3.63) is 12.7 Å². The van der Waals surface area contributed by atoms with Crippen LogP contribution >= 0.6 is 34.8 Å². The summed E-state index contributed by atoms with van der Waals surface area (Å²) < 4.78 is 3.58. The summed E-state index contributed by atoms with van der Waals surface area (Å²) in [6.45, 7) is 4.37. The molecule has 3 nitrogen and oxygen atoms in total. The van der Waals surface area contributed by atoms with E-state index in [2.05, 4.69) is 6.58 Å². The van der Waals surface area contributed by atoms with Crippen LogP contribution in [0.1, 0.15) is 19.3 Å². The van der Waals surface area contributed by atoms with Crippen LogP contribution in [-0.2, 0) is 9.53 Å². The van der Waals surface area contributed by atoms with E-state index in [9.17, 15) is 4.79 Å². The van der Waals surface area contributed by atoms with Gasteiger partial charge in [-0.25, -0.2) is 9.69 Å². The predicted octanol–water partition coefficient (Wildman–Crippen LogP) is 2.65. The Bertz CT molecular complexity index is 329. The third kappa shape index (κ3) is 1.74. The molecule has 2 saturated heterocycles. The highest BCUT2D eigenvalue weighted by Gasteiger charge is 2.61. The summed E-state index contributed by atoms with van der Waals surface area (Å²) in [6, 6.07) is 0. The maximum Gasteiger partial charge on any atom is 0.328 e. The lowest BCUT2D eigenvalue weighted by atomic mass is 9.93. The molecular weight excluding hydrogens is 272 g/mol. The van der Waals surface area contributed by atoms with Crippen LogP contribution in [0.5, 0.6) is 0 Å². The van der Waals surface area contributed by atoms with E-state index in [1.807, 2.05) is 4.90 Å². The smallest absolute Gasteiger partial charge is 0.328 e. The minimum Gasteiger partial charge on any atom is -0.440 e. The lowest BCUT2D eigenvalue weighted by Gasteiger charge is -2.31. The van der Waals surface area contributed by atoms with E-state index in [0.717, 1.165) is 12.8 Å². The second-order valence-electron chi connectivity index (χ2n) is 4.12. The molecule has 0 aromatic rings. The molecule has 16 heavy (non-hydrogen) atoms. The van der Waals surface area contributed by atoms with Crippen molar-refractivity contribution in [1.29, 1.82) is 0 Å². The van der Waals surface area contributed by atoms with Crippen molar-refractivity contribution < 1.29 is 9.53 Å². The van der Waals surface area contributed by atoms with Crippen molar-refractivity contribution in [3.8, 4) is 0 Å². The minimum atomic E-state index is -1.61. The second kappa shape index (κ2) is 4.05. The minimum absolute atomic E-state index is 0.304. The van der Waals surface area contributed by atoms with E-state index in [4.69, 9.17) is 39.5 Å². The molecule has 0 aliphatic carbocycles. The normalized spacial score (nSPS) is 34.9. The maximum atomic E-state index is 11.9. The Balaban J connectivity index is 2.32. The molecule has 0 spiro atoms. The molecule has 0 aromatic carbocycles. The predicted molar refractivity (Wildman–Crippen MR) is 63.7 cm³/mol. The van der Waals surface area contributed by atoms with Gasteiger partial charge in [-0.1, -0.05) is 40.9 Å². The lowest BCUT2D eigenvalue weighted by molar-refractivity contribution is -0.145. The standard InChI is InChI=1S/C10H12Cl3NO2/c1-2-4-9-5-3-6-14(9)7(10(11,12)13)16-8(9)15/h2,7H,1,3-6H2/t7?,9-/m1/s1. The van der Waals surface area contributed by atoms with E-state index >= 15 is 0 Å². The molecule has 0 radical (unpaired) electrons. The number of alkyl halides is 3. The SMILES string of the molecule is C=CC[C@]12CCCN1C(C(Cl)(Cl)Cl)OC2=O. The van der Waals surface area contributed by atoms with Gasteiger partial charge in [0.15, 0.2) is 0 Å². The average molecular weight is 285 g/mol. The maximum absolute atomic E-state index is 11.9. The van der Waals surface area contributed by atoms with Crippen LogP contribution in [0.2, 0.25) is 0 Å². The number of carbonyl (C=O) groups is 1. The number of nitrogens with zero attached hydrogens (tertiary/aromatic N) is 1. The zero-order valence-corrected chi connectivity index (χ0v) is 10.9. The zero-order valence-electron chi connectivity index (χ0n) is 8.59. The van der Waals surface area contributed by atoms with Gasteiger partial charge in [0.2, 0.25) is 10.0 Å². The monoisotopic (exact) mass is 283 g/mol. The van der Waals surface area contributed by atoms with Gasteiger partial charge >= 0.3 is 5.97 Å². The van der Waals surface area contributed by atoms with Gasteiger partial charge in [-0.05, 0) is 19.3 Å². The first-order valence-electron chi connectivity index (χ1n) is 5.07. The number of rotatable bonds is 2. The van der Waals surface area contributed by atoms with Crippen LogP contribution in [0.4, 0.5) is 0 Å². The molecule has 0 aromatic heterocycles. The van der Waals surface area contributed by atoms with E-state index in [1.54, 1.807) is 6.08 Å². The van der Waals surface area contributed by atoms with Crippen LogP contribution in [0.15, 0.2) is 12.7 Å². The number of hydrogen-bond donors (Lipinski definition) is 0. The first-order valence-corrected chi connectivity index (χ1v) is 6.21. The Hall–Kier alpha value is 0.0400. The Morgan fingerprint density at radius 3 is 2.88 bits per heavy atom. The number of esters is 1. The van der Waals surface area contributed by atoms with Crippen LogP contribution < -0.4 is 0 Å². The molecule has 2 fully saturated rings.